The first-order valence-corrected chi connectivity index (χ1v) is 11.8. The van der Waals surface area contributed by atoms with Crippen LogP contribution in [0.5, 0.6) is 5.75 Å². The van der Waals surface area contributed by atoms with E-state index in [4.69, 9.17) is 21.3 Å². The van der Waals surface area contributed by atoms with Gasteiger partial charge in [0.05, 0.1) is 23.0 Å². The quantitative estimate of drug-likeness (QED) is 0.225. The number of hydrogen-bond donors (Lipinski definition) is 3. The number of nitrogens with one attached hydrogen (secondary N) is 3. The highest BCUT2D eigenvalue weighted by atomic mass is 35.5. The number of imidazole rings is 1. The molecule has 35 heavy (non-hydrogen) atoms. The Morgan fingerprint density at radius 3 is 2.23 bits per heavy atom. The van der Waals surface area contributed by atoms with Gasteiger partial charge >= 0.3 is 0 Å². The second kappa shape index (κ2) is 11.9. The van der Waals surface area contributed by atoms with Gasteiger partial charge in [-0.2, -0.15) is 0 Å². The van der Waals surface area contributed by atoms with Crippen molar-refractivity contribution >= 4 is 11.6 Å². The van der Waals surface area contributed by atoms with Gasteiger partial charge < -0.3 is 20.4 Å². The monoisotopic (exact) mass is 496 g/mol. The highest BCUT2D eigenvalue weighted by Crippen LogP contribution is 2.36. The Morgan fingerprint density at radius 2 is 1.57 bits per heavy atom. The largest absolute Gasteiger partial charge is 0.493 e. The number of halogens is 3. The van der Waals surface area contributed by atoms with Gasteiger partial charge in [0.25, 0.3) is 0 Å². The first kappa shape index (κ1) is 24.9. The fraction of sp³-hybridized carbons (Fsp3) is 0.222. The fourth-order valence-corrected chi connectivity index (χ4v) is 3.91. The third-order valence-electron chi connectivity index (χ3n) is 5.47. The van der Waals surface area contributed by atoms with Gasteiger partial charge in [-0.05, 0) is 86.7 Å². The smallest absolute Gasteiger partial charge is 0.140 e. The molecule has 4 rings (SSSR count). The molecule has 1 heterocycles. The van der Waals surface area contributed by atoms with Gasteiger partial charge in [-0.1, -0.05) is 11.6 Å². The van der Waals surface area contributed by atoms with Gasteiger partial charge in [-0.15, -0.1) is 0 Å². The molecule has 5 nitrogen and oxygen atoms in total. The van der Waals surface area contributed by atoms with E-state index in [1.807, 2.05) is 19.2 Å². The molecule has 0 aliphatic carbocycles. The van der Waals surface area contributed by atoms with E-state index in [9.17, 15) is 8.78 Å². The molecule has 0 aliphatic rings. The Balaban J connectivity index is 1.56. The summed E-state index contributed by atoms with van der Waals surface area (Å²) in [5, 5.41) is 6.91. The Hall–Kier alpha value is -3.26. The van der Waals surface area contributed by atoms with Gasteiger partial charge in [0.2, 0.25) is 0 Å². The summed E-state index contributed by atoms with van der Waals surface area (Å²) in [6.45, 7) is 3.29. The number of ether oxygens (including phenoxy) is 1. The molecule has 3 N–H and O–H groups in total. The number of H-pyrrole nitrogens is 1. The predicted molar refractivity (Wildman–Crippen MR) is 137 cm³/mol. The molecular formula is C27H27ClF2N4O. The second-order valence-corrected chi connectivity index (χ2v) is 8.43. The number of nitrogens with zero attached hydrogens (tertiary/aromatic N) is 1. The average Bonchev–Trinajstić information content (AvgIpc) is 3.29. The lowest BCUT2D eigenvalue weighted by Crippen LogP contribution is -2.26. The van der Waals surface area contributed by atoms with Crippen LogP contribution in [0.25, 0.3) is 33.9 Å². The molecule has 0 amide bonds. The zero-order valence-corrected chi connectivity index (χ0v) is 20.1. The standard InChI is InChI=1S/C27H27ClF2N4O/c1-31-14-15-32-13-2-16-35-22-11-12-23(24(28)17-22)27-33-25(18-3-7-20(29)8-4-18)26(34-27)19-5-9-21(30)10-6-19/h3-12,17,31-32H,2,13-16H2,1H3,(H,33,34). The molecule has 0 bridgehead atoms. The first-order valence-electron chi connectivity index (χ1n) is 11.4. The van der Waals surface area contributed by atoms with Crippen molar-refractivity contribution in [1.82, 2.24) is 20.6 Å². The topological polar surface area (TPSA) is 62.0 Å². The lowest BCUT2D eigenvalue weighted by atomic mass is 10.1. The number of benzene rings is 3. The zero-order valence-electron chi connectivity index (χ0n) is 19.4. The molecule has 0 atom stereocenters. The van der Waals surface area contributed by atoms with Crippen molar-refractivity contribution in [3.63, 3.8) is 0 Å². The van der Waals surface area contributed by atoms with Crippen LogP contribution in [-0.4, -0.2) is 43.3 Å². The summed E-state index contributed by atoms with van der Waals surface area (Å²) in [4.78, 5) is 8.09. The number of likely N-dealkylation sites (N-methyl/N-ethyl adjacent to an activating group) is 1. The van der Waals surface area contributed by atoms with Gasteiger partial charge in [-0.3, -0.25) is 0 Å². The van der Waals surface area contributed by atoms with E-state index in [2.05, 4.69) is 15.6 Å². The van der Waals surface area contributed by atoms with Gasteiger partial charge in [0.1, 0.15) is 23.2 Å². The van der Waals surface area contributed by atoms with Crippen molar-refractivity contribution in [2.75, 3.05) is 33.3 Å². The van der Waals surface area contributed by atoms with Crippen molar-refractivity contribution in [2.24, 2.45) is 0 Å². The summed E-state index contributed by atoms with van der Waals surface area (Å²) in [6.07, 6.45) is 0.878. The lowest BCUT2D eigenvalue weighted by Gasteiger charge is -2.09. The van der Waals surface area contributed by atoms with E-state index in [1.54, 1.807) is 30.3 Å². The molecule has 3 aromatic carbocycles. The third-order valence-corrected chi connectivity index (χ3v) is 5.78. The summed E-state index contributed by atoms with van der Waals surface area (Å²) in [7, 11) is 1.92. The summed E-state index contributed by atoms with van der Waals surface area (Å²) in [5.74, 6) is 0.566. The maximum atomic E-state index is 13.5. The van der Waals surface area contributed by atoms with Crippen molar-refractivity contribution < 1.29 is 13.5 Å². The van der Waals surface area contributed by atoms with Crippen LogP contribution in [0.3, 0.4) is 0 Å². The number of rotatable bonds is 11. The first-order chi connectivity index (χ1) is 17.0. The molecule has 0 aliphatic heterocycles. The minimum absolute atomic E-state index is 0.329. The molecule has 1 aromatic heterocycles. The number of aromatic amines is 1. The van der Waals surface area contributed by atoms with Crippen LogP contribution in [0.1, 0.15) is 6.42 Å². The van der Waals surface area contributed by atoms with E-state index < -0.39 is 0 Å². The minimum Gasteiger partial charge on any atom is -0.493 e. The van der Waals surface area contributed by atoms with Gasteiger partial charge in [0.15, 0.2) is 0 Å². The second-order valence-electron chi connectivity index (χ2n) is 8.02. The van der Waals surface area contributed by atoms with E-state index in [0.717, 1.165) is 37.2 Å². The number of aromatic nitrogens is 2. The Morgan fingerprint density at radius 1 is 0.886 bits per heavy atom. The SMILES string of the molecule is CNCCNCCCOc1ccc(-c2nc(-c3ccc(F)cc3)c(-c3ccc(F)cc3)[nH]2)c(Cl)c1. The molecule has 0 fully saturated rings. The molecule has 0 radical (unpaired) electrons. The lowest BCUT2D eigenvalue weighted by molar-refractivity contribution is 0.308. The molecule has 0 unspecified atom stereocenters. The summed E-state index contributed by atoms with van der Waals surface area (Å²) in [6, 6.07) is 17.7. The van der Waals surface area contributed by atoms with Crippen LogP contribution in [-0.2, 0) is 0 Å². The average molecular weight is 497 g/mol. The van der Waals surface area contributed by atoms with Crippen LogP contribution in [0.15, 0.2) is 66.7 Å². The normalized spacial score (nSPS) is 11.1. The third kappa shape index (κ3) is 6.45. The van der Waals surface area contributed by atoms with E-state index in [0.29, 0.717) is 40.2 Å². The van der Waals surface area contributed by atoms with Crippen molar-refractivity contribution in [1.29, 1.82) is 0 Å². The van der Waals surface area contributed by atoms with Crippen molar-refractivity contribution in [3.05, 3.63) is 83.4 Å². The van der Waals surface area contributed by atoms with Gasteiger partial charge in [0, 0.05) is 29.8 Å². The summed E-state index contributed by atoms with van der Waals surface area (Å²) < 4.78 is 32.8. The maximum Gasteiger partial charge on any atom is 0.140 e. The zero-order chi connectivity index (χ0) is 24.6. The number of hydrogen-bond acceptors (Lipinski definition) is 4. The Labute approximate surface area is 208 Å². The molecule has 182 valence electrons. The van der Waals surface area contributed by atoms with Crippen LogP contribution >= 0.6 is 11.6 Å². The Kier molecular flexibility index (Phi) is 8.47. The molecule has 0 saturated heterocycles. The van der Waals surface area contributed by atoms with E-state index >= 15 is 0 Å². The van der Waals surface area contributed by atoms with Gasteiger partial charge in [-0.25, -0.2) is 13.8 Å². The van der Waals surface area contributed by atoms with Crippen molar-refractivity contribution in [2.45, 2.75) is 6.42 Å². The van der Waals surface area contributed by atoms with Crippen LogP contribution < -0.4 is 15.4 Å². The van der Waals surface area contributed by atoms with E-state index in [-0.39, 0.29) is 11.6 Å². The van der Waals surface area contributed by atoms with E-state index in [1.165, 1.54) is 24.3 Å². The summed E-state index contributed by atoms with van der Waals surface area (Å²) in [5.41, 5.74) is 3.49. The Bertz CT molecular complexity index is 1180. The van der Waals surface area contributed by atoms with Crippen LogP contribution in [0, 0.1) is 11.6 Å². The molecule has 8 heteroatoms. The van der Waals surface area contributed by atoms with Crippen LogP contribution in [0.4, 0.5) is 8.78 Å². The predicted octanol–water partition coefficient (Wildman–Crippen LogP) is 5.92. The highest BCUT2D eigenvalue weighted by molar-refractivity contribution is 6.33. The molecule has 0 spiro atoms. The fourth-order valence-electron chi connectivity index (χ4n) is 3.65. The summed E-state index contributed by atoms with van der Waals surface area (Å²) >= 11 is 6.60. The van der Waals surface area contributed by atoms with Crippen molar-refractivity contribution in [3.8, 4) is 39.7 Å². The molecule has 0 saturated carbocycles. The highest BCUT2D eigenvalue weighted by Gasteiger charge is 2.17. The minimum atomic E-state index is -0.333. The molecular weight excluding hydrogens is 470 g/mol. The van der Waals surface area contributed by atoms with Crippen LogP contribution in [0.2, 0.25) is 5.02 Å². The molecule has 4 aromatic rings. The maximum absolute atomic E-state index is 13.5.